The quantitative estimate of drug-likeness (QED) is 0.297. The summed E-state index contributed by atoms with van der Waals surface area (Å²) in [6, 6.07) is 44.1. The number of nitrogens with zero attached hydrogens (tertiary/aromatic N) is 1. The first-order valence-electron chi connectivity index (χ1n) is 11.6. The summed E-state index contributed by atoms with van der Waals surface area (Å²) in [7, 11) is -4.44. The lowest BCUT2D eigenvalue weighted by molar-refractivity contribution is 0.400. The molecule has 3 nitrogen and oxygen atoms in total. The van der Waals surface area contributed by atoms with Gasteiger partial charge in [-0.05, 0) is 33.9 Å². The molecule has 0 spiro atoms. The zero-order valence-corrected chi connectivity index (χ0v) is 20.1. The van der Waals surface area contributed by atoms with Crippen LogP contribution in [0.3, 0.4) is 0 Å². The van der Waals surface area contributed by atoms with Gasteiger partial charge in [0.2, 0.25) is 0 Å². The average Bonchev–Trinajstić information content (AvgIpc) is 2.90. The van der Waals surface area contributed by atoms with Crippen LogP contribution in [-0.2, 0) is 5.04 Å². The van der Waals surface area contributed by atoms with Crippen LogP contribution in [0.1, 0.15) is 18.4 Å². The maximum Gasteiger partial charge on any atom is 0.451 e. The Morgan fingerprint density at radius 2 is 1.03 bits per heavy atom. The molecule has 0 saturated heterocycles. The van der Waals surface area contributed by atoms with Gasteiger partial charge in [-0.3, -0.25) is 0 Å². The average molecular weight is 461 g/mol. The molecule has 0 amide bonds. The molecule has 0 aliphatic heterocycles. The molecular weight excluding hydrogens is 433 g/mol. The van der Waals surface area contributed by atoms with Gasteiger partial charge < -0.3 is 10.0 Å². The van der Waals surface area contributed by atoms with Crippen LogP contribution in [0, 0.1) is 11.3 Å². The van der Waals surface area contributed by atoms with Crippen LogP contribution >= 0.6 is 0 Å². The van der Waals surface area contributed by atoms with Crippen molar-refractivity contribution in [3.05, 3.63) is 127 Å². The van der Waals surface area contributed by atoms with Crippen LogP contribution < -0.4 is 15.6 Å². The molecular formula is C29H28BNO2Si. The number of hydrogen-bond donors (Lipinski definition) is 2. The second-order valence-electron chi connectivity index (χ2n) is 8.60. The first-order valence-corrected chi connectivity index (χ1v) is 13.6. The summed E-state index contributed by atoms with van der Waals surface area (Å²) >= 11 is 0. The summed E-state index contributed by atoms with van der Waals surface area (Å²) < 4.78 is 0. The predicted molar refractivity (Wildman–Crippen MR) is 142 cm³/mol. The van der Waals surface area contributed by atoms with Crippen molar-refractivity contribution in [1.29, 1.82) is 5.26 Å². The van der Waals surface area contributed by atoms with E-state index < -0.39 is 20.2 Å². The van der Waals surface area contributed by atoms with Gasteiger partial charge in [0.25, 0.3) is 0 Å². The minimum atomic E-state index is -3.04. The summed E-state index contributed by atoms with van der Waals surface area (Å²) in [6.45, 7) is 0. The minimum absolute atomic E-state index is 0.221. The SMILES string of the molecule is N#CC(CCCB(O)O)(c1ccccc1)[Si](c1ccccc1)(c1ccccc1)c1ccccc1. The maximum absolute atomic E-state index is 11.2. The molecule has 4 aromatic rings. The van der Waals surface area contributed by atoms with E-state index in [4.69, 9.17) is 0 Å². The van der Waals surface area contributed by atoms with Crippen molar-refractivity contribution in [1.82, 2.24) is 0 Å². The Labute approximate surface area is 203 Å². The largest absolute Gasteiger partial charge is 0.451 e. The Bertz CT molecular complexity index is 1120. The Balaban J connectivity index is 2.14. The second-order valence-corrected chi connectivity index (χ2v) is 12.7. The third-order valence-corrected chi connectivity index (χ3v) is 12.3. The third-order valence-electron chi connectivity index (χ3n) is 6.73. The van der Waals surface area contributed by atoms with Crippen molar-refractivity contribution in [2.45, 2.75) is 24.2 Å². The Morgan fingerprint density at radius 3 is 1.38 bits per heavy atom. The molecule has 0 aliphatic rings. The standard InChI is InChI=1S/C29H28BNO2Si/c31-24-29(22-13-23-30(32)33,25-14-5-1-6-15-25)34(26-16-7-2-8-17-26,27-18-9-3-10-19-27)28-20-11-4-12-21-28/h1-12,14-21,32-33H,13,22-23H2. The molecule has 1 unspecified atom stereocenters. The Hall–Kier alpha value is -3.43. The molecule has 168 valence electrons. The molecule has 34 heavy (non-hydrogen) atoms. The van der Waals surface area contributed by atoms with Gasteiger partial charge in [0, 0.05) is 0 Å². The lowest BCUT2D eigenvalue weighted by Gasteiger charge is -2.47. The first-order chi connectivity index (χ1) is 16.6. The lowest BCUT2D eigenvalue weighted by atomic mass is 9.81. The summed E-state index contributed by atoms with van der Waals surface area (Å²) in [5.74, 6) is 0. The van der Waals surface area contributed by atoms with Gasteiger partial charge in [-0.2, -0.15) is 5.26 Å². The summed E-state index contributed by atoms with van der Waals surface area (Å²) in [6.07, 6.45) is 1.25. The topological polar surface area (TPSA) is 64.2 Å². The number of hydrogen-bond acceptors (Lipinski definition) is 3. The van der Waals surface area contributed by atoms with Gasteiger partial charge in [0.05, 0.1) is 11.1 Å². The second kappa shape index (κ2) is 10.7. The van der Waals surface area contributed by atoms with E-state index >= 15 is 0 Å². The molecule has 0 aromatic heterocycles. The molecule has 0 saturated carbocycles. The molecule has 2 N–H and O–H groups in total. The van der Waals surface area contributed by atoms with E-state index in [0.29, 0.717) is 12.8 Å². The molecule has 0 bridgehead atoms. The molecule has 4 aromatic carbocycles. The number of benzene rings is 4. The monoisotopic (exact) mass is 461 g/mol. The number of rotatable bonds is 9. The van der Waals surface area contributed by atoms with Crippen LogP contribution in [0.15, 0.2) is 121 Å². The first kappa shape index (κ1) is 23.7. The fraction of sp³-hybridized carbons (Fsp3) is 0.138. The molecule has 0 fully saturated rings. The van der Waals surface area contributed by atoms with Crippen LogP contribution in [0.5, 0.6) is 0 Å². The van der Waals surface area contributed by atoms with Gasteiger partial charge in [0.1, 0.15) is 0 Å². The van der Waals surface area contributed by atoms with Gasteiger partial charge in [0.15, 0.2) is 8.07 Å². The molecule has 0 heterocycles. The zero-order chi connectivity index (χ0) is 23.9. The Kier molecular flexibility index (Phi) is 7.44. The van der Waals surface area contributed by atoms with Gasteiger partial charge in [-0.15, -0.1) is 0 Å². The van der Waals surface area contributed by atoms with E-state index in [-0.39, 0.29) is 6.32 Å². The molecule has 0 radical (unpaired) electrons. The summed E-state index contributed by atoms with van der Waals surface area (Å²) in [4.78, 5) is 0. The van der Waals surface area contributed by atoms with Crippen molar-refractivity contribution >= 4 is 30.8 Å². The summed E-state index contributed by atoms with van der Waals surface area (Å²) in [5, 5.41) is 33.0. The van der Waals surface area contributed by atoms with Crippen LogP contribution in [-0.4, -0.2) is 25.2 Å². The maximum atomic E-state index is 11.2. The highest BCUT2D eigenvalue weighted by molar-refractivity contribution is 7.13. The highest BCUT2D eigenvalue weighted by atomic mass is 28.3. The zero-order valence-electron chi connectivity index (χ0n) is 19.1. The van der Waals surface area contributed by atoms with Crippen molar-refractivity contribution in [3.63, 3.8) is 0 Å². The predicted octanol–water partition coefficient (Wildman–Crippen LogP) is 3.41. The van der Waals surface area contributed by atoms with Crippen LogP contribution in [0.2, 0.25) is 6.32 Å². The minimum Gasteiger partial charge on any atom is -0.427 e. The number of nitriles is 1. The van der Waals surface area contributed by atoms with Crippen LogP contribution in [0.4, 0.5) is 0 Å². The van der Waals surface area contributed by atoms with Crippen molar-refractivity contribution < 1.29 is 10.0 Å². The van der Waals surface area contributed by atoms with E-state index in [1.54, 1.807) is 0 Å². The normalized spacial score (nSPS) is 13.0. The molecule has 0 aliphatic carbocycles. The van der Waals surface area contributed by atoms with E-state index in [2.05, 4.69) is 54.6 Å². The van der Waals surface area contributed by atoms with Gasteiger partial charge in [-0.1, -0.05) is 128 Å². The highest BCUT2D eigenvalue weighted by Crippen LogP contribution is 2.39. The van der Waals surface area contributed by atoms with Crippen LogP contribution in [0.25, 0.3) is 0 Å². The fourth-order valence-electron chi connectivity index (χ4n) is 5.33. The third kappa shape index (κ3) is 4.24. The molecule has 5 heteroatoms. The fourth-order valence-corrected chi connectivity index (χ4v) is 11.2. The smallest absolute Gasteiger partial charge is 0.427 e. The van der Waals surface area contributed by atoms with Crippen molar-refractivity contribution in [3.8, 4) is 6.07 Å². The Morgan fingerprint density at radius 1 is 0.647 bits per heavy atom. The molecule has 1 atom stereocenters. The highest BCUT2D eigenvalue weighted by Gasteiger charge is 2.58. The van der Waals surface area contributed by atoms with Crippen molar-refractivity contribution in [2.75, 3.05) is 0 Å². The van der Waals surface area contributed by atoms with E-state index in [9.17, 15) is 15.3 Å². The van der Waals surface area contributed by atoms with E-state index in [0.717, 1.165) is 21.1 Å². The van der Waals surface area contributed by atoms with Gasteiger partial charge >= 0.3 is 7.12 Å². The molecule has 4 rings (SSSR count). The summed E-state index contributed by atoms with van der Waals surface area (Å²) in [5.41, 5.74) is 0.966. The van der Waals surface area contributed by atoms with E-state index in [1.165, 1.54) is 0 Å². The van der Waals surface area contributed by atoms with E-state index in [1.807, 2.05) is 72.8 Å². The van der Waals surface area contributed by atoms with Gasteiger partial charge in [-0.25, -0.2) is 0 Å². The van der Waals surface area contributed by atoms with Crippen molar-refractivity contribution in [2.24, 2.45) is 0 Å². The lowest BCUT2D eigenvalue weighted by Crippen LogP contribution is -2.78.